The van der Waals surface area contributed by atoms with Gasteiger partial charge in [0.1, 0.15) is 22.9 Å². The van der Waals surface area contributed by atoms with Gasteiger partial charge in [0.05, 0.1) is 10.9 Å². The largest absolute Gasteiger partial charge is 0.478 e. The average Bonchev–Trinajstić information content (AvgIpc) is 3.30. The molecule has 1 aromatic carbocycles. The summed E-state index contributed by atoms with van der Waals surface area (Å²) in [6.07, 6.45) is 2.90. The lowest BCUT2D eigenvalue weighted by Gasteiger charge is -2.09. The van der Waals surface area contributed by atoms with Gasteiger partial charge in [-0.1, -0.05) is 6.08 Å². The highest BCUT2D eigenvalue weighted by atomic mass is 16.4. The lowest BCUT2D eigenvalue weighted by molar-refractivity contribution is 0.0697. The third-order valence-electron chi connectivity index (χ3n) is 4.86. The van der Waals surface area contributed by atoms with Crippen LogP contribution in [-0.4, -0.2) is 11.1 Å². The molecule has 0 bridgehead atoms. The normalized spacial score (nSPS) is 18.8. The van der Waals surface area contributed by atoms with E-state index in [2.05, 4.69) is 6.58 Å². The summed E-state index contributed by atoms with van der Waals surface area (Å²) in [6, 6.07) is 8.27. The van der Waals surface area contributed by atoms with E-state index in [-0.39, 0.29) is 28.2 Å². The number of benzene rings is 1. The van der Waals surface area contributed by atoms with Crippen molar-refractivity contribution in [1.82, 2.24) is 0 Å². The zero-order valence-electron chi connectivity index (χ0n) is 14.3. The van der Waals surface area contributed by atoms with E-state index in [1.54, 1.807) is 12.1 Å². The molecule has 1 saturated carbocycles. The molecule has 0 spiro atoms. The standard InChI is InChI=1S/C21H18O5/c1-3-4-13-19(22)16-9-12(21(23)24)6-8-18(16)26-20(13)15-10-14(15)17-7-5-11(2)25-17/h3,5-9,14-15H,1,4,10H2,2H3,(H,23,24). The molecule has 1 aliphatic carbocycles. The van der Waals surface area contributed by atoms with E-state index in [0.29, 0.717) is 23.3 Å². The maximum atomic E-state index is 13.0. The molecule has 5 nitrogen and oxygen atoms in total. The van der Waals surface area contributed by atoms with E-state index in [1.165, 1.54) is 12.1 Å². The topological polar surface area (TPSA) is 80.7 Å². The fourth-order valence-corrected chi connectivity index (χ4v) is 3.47. The summed E-state index contributed by atoms with van der Waals surface area (Å²) in [7, 11) is 0. The van der Waals surface area contributed by atoms with Gasteiger partial charge in [-0.05, 0) is 50.1 Å². The van der Waals surface area contributed by atoms with Crippen LogP contribution in [0.3, 0.4) is 0 Å². The van der Waals surface area contributed by atoms with Gasteiger partial charge in [0.15, 0.2) is 5.43 Å². The molecule has 2 atom stereocenters. The summed E-state index contributed by atoms with van der Waals surface area (Å²) in [5.41, 5.74) is 0.831. The van der Waals surface area contributed by atoms with Crippen molar-refractivity contribution in [3.05, 3.63) is 81.6 Å². The molecule has 2 unspecified atom stereocenters. The Balaban J connectivity index is 1.83. The second kappa shape index (κ2) is 6.02. The number of allylic oxidation sites excluding steroid dienone is 1. The highest BCUT2D eigenvalue weighted by Gasteiger charge is 2.45. The zero-order valence-corrected chi connectivity index (χ0v) is 14.3. The molecular weight excluding hydrogens is 332 g/mol. The van der Waals surface area contributed by atoms with Crippen LogP contribution in [0.1, 0.15) is 51.5 Å². The van der Waals surface area contributed by atoms with Crippen LogP contribution in [0.25, 0.3) is 11.0 Å². The molecule has 2 aromatic heterocycles. The van der Waals surface area contributed by atoms with E-state index in [1.807, 2.05) is 19.1 Å². The summed E-state index contributed by atoms with van der Waals surface area (Å²) in [5, 5.41) is 9.45. The van der Waals surface area contributed by atoms with Gasteiger partial charge in [0.2, 0.25) is 0 Å². The summed E-state index contributed by atoms with van der Waals surface area (Å²) >= 11 is 0. The number of carboxylic acids is 1. The van der Waals surface area contributed by atoms with Gasteiger partial charge >= 0.3 is 5.97 Å². The quantitative estimate of drug-likeness (QED) is 0.690. The Labute approximate surface area is 149 Å². The van der Waals surface area contributed by atoms with Crippen LogP contribution in [0, 0.1) is 6.92 Å². The molecule has 26 heavy (non-hydrogen) atoms. The molecule has 0 radical (unpaired) electrons. The molecule has 0 aliphatic heterocycles. The van der Waals surface area contributed by atoms with Crippen molar-refractivity contribution in [3.63, 3.8) is 0 Å². The first kappa shape index (κ1) is 16.4. The Morgan fingerprint density at radius 2 is 2.08 bits per heavy atom. The Morgan fingerprint density at radius 3 is 2.73 bits per heavy atom. The predicted octanol–water partition coefficient (Wildman–Crippen LogP) is 4.39. The van der Waals surface area contributed by atoms with Crippen LogP contribution in [0.15, 0.2) is 56.6 Å². The molecule has 1 aliphatic rings. The van der Waals surface area contributed by atoms with Crippen LogP contribution in [-0.2, 0) is 6.42 Å². The third kappa shape index (κ3) is 2.65. The van der Waals surface area contributed by atoms with Crippen LogP contribution in [0.5, 0.6) is 0 Å². The molecule has 2 heterocycles. The van der Waals surface area contributed by atoms with Crippen LogP contribution in [0.4, 0.5) is 0 Å². The lowest BCUT2D eigenvalue weighted by Crippen LogP contribution is -2.13. The fraction of sp³-hybridized carbons (Fsp3) is 0.238. The van der Waals surface area contributed by atoms with Crippen molar-refractivity contribution >= 4 is 16.9 Å². The van der Waals surface area contributed by atoms with Gasteiger partial charge < -0.3 is 13.9 Å². The second-order valence-corrected chi connectivity index (χ2v) is 6.68. The van der Waals surface area contributed by atoms with Crippen LogP contribution >= 0.6 is 0 Å². The minimum Gasteiger partial charge on any atom is -0.478 e. The van der Waals surface area contributed by atoms with E-state index < -0.39 is 5.97 Å². The molecule has 132 valence electrons. The van der Waals surface area contributed by atoms with Crippen molar-refractivity contribution in [1.29, 1.82) is 0 Å². The van der Waals surface area contributed by atoms with Crippen molar-refractivity contribution in [2.75, 3.05) is 0 Å². The first-order chi connectivity index (χ1) is 12.5. The number of rotatable bonds is 5. The van der Waals surface area contributed by atoms with Crippen LogP contribution < -0.4 is 5.43 Å². The van der Waals surface area contributed by atoms with Gasteiger partial charge in [0, 0.05) is 17.4 Å². The van der Waals surface area contributed by atoms with Gasteiger partial charge in [-0.25, -0.2) is 4.79 Å². The summed E-state index contributed by atoms with van der Waals surface area (Å²) in [5.74, 6) is 1.64. The lowest BCUT2D eigenvalue weighted by atomic mass is 10.0. The van der Waals surface area contributed by atoms with Gasteiger partial charge in [-0.2, -0.15) is 0 Å². The summed E-state index contributed by atoms with van der Waals surface area (Å²) < 4.78 is 11.8. The fourth-order valence-electron chi connectivity index (χ4n) is 3.47. The zero-order chi connectivity index (χ0) is 18.4. The molecule has 0 amide bonds. The van der Waals surface area contributed by atoms with E-state index >= 15 is 0 Å². The minimum absolute atomic E-state index is 0.0671. The number of furan rings is 1. The Morgan fingerprint density at radius 1 is 1.27 bits per heavy atom. The third-order valence-corrected chi connectivity index (χ3v) is 4.86. The molecular formula is C21H18O5. The van der Waals surface area contributed by atoms with Gasteiger partial charge in [-0.15, -0.1) is 6.58 Å². The Kier molecular flexibility index (Phi) is 3.80. The van der Waals surface area contributed by atoms with Gasteiger partial charge in [-0.3, -0.25) is 4.79 Å². The molecule has 3 aromatic rings. The predicted molar refractivity (Wildman–Crippen MR) is 96.9 cm³/mol. The molecule has 0 saturated heterocycles. The van der Waals surface area contributed by atoms with Crippen LogP contribution in [0.2, 0.25) is 0 Å². The maximum Gasteiger partial charge on any atom is 0.335 e. The summed E-state index contributed by atoms with van der Waals surface area (Å²) in [4.78, 5) is 24.2. The number of aryl methyl sites for hydroxylation is 1. The number of carbonyl (C=O) groups is 1. The van der Waals surface area contributed by atoms with Crippen molar-refractivity contribution < 1.29 is 18.7 Å². The van der Waals surface area contributed by atoms with Crippen molar-refractivity contribution in [2.45, 2.75) is 31.6 Å². The highest BCUT2D eigenvalue weighted by Crippen LogP contribution is 2.55. The smallest absolute Gasteiger partial charge is 0.335 e. The first-order valence-electron chi connectivity index (χ1n) is 8.49. The number of hydrogen-bond acceptors (Lipinski definition) is 4. The van der Waals surface area contributed by atoms with Gasteiger partial charge in [0.25, 0.3) is 0 Å². The first-order valence-corrected chi connectivity index (χ1v) is 8.49. The average molecular weight is 350 g/mol. The molecule has 1 fully saturated rings. The highest BCUT2D eigenvalue weighted by molar-refractivity contribution is 5.92. The SMILES string of the molecule is C=CCc1c(C2CC2c2ccc(C)o2)oc2ccc(C(=O)O)cc2c1=O. The second-order valence-electron chi connectivity index (χ2n) is 6.68. The number of hydrogen-bond donors (Lipinski definition) is 1. The van der Waals surface area contributed by atoms with E-state index in [4.69, 9.17) is 13.9 Å². The molecule has 5 heteroatoms. The summed E-state index contributed by atoms with van der Waals surface area (Å²) in [6.45, 7) is 5.63. The number of carboxylic acid groups (broad SMARTS) is 1. The van der Waals surface area contributed by atoms with E-state index in [9.17, 15) is 9.59 Å². The molecule has 1 N–H and O–H groups in total. The monoisotopic (exact) mass is 350 g/mol. The minimum atomic E-state index is -1.07. The Bertz CT molecular complexity index is 1090. The number of aromatic carboxylic acids is 1. The Hall–Kier alpha value is -3.08. The maximum absolute atomic E-state index is 13.0. The van der Waals surface area contributed by atoms with Crippen molar-refractivity contribution in [2.24, 2.45) is 0 Å². The van der Waals surface area contributed by atoms with Crippen molar-refractivity contribution in [3.8, 4) is 0 Å². The number of fused-ring (bicyclic) bond motifs is 1. The molecule has 4 rings (SSSR count). The van der Waals surface area contributed by atoms with E-state index in [0.717, 1.165) is 17.9 Å².